The van der Waals surface area contributed by atoms with Crippen LogP contribution in [-0.4, -0.2) is 18.7 Å². The Morgan fingerprint density at radius 3 is 2.45 bits per heavy atom. The van der Waals surface area contributed by atoms with E-state index in [2.05, 4.69) is 0 Å². The second kappa shape index (κ2) is 6.22. The smallest absolute Gasteiger partial charge is 0.344 e. The van der Waals surface area contributed by atoms with Crippen molar-refractivity contribution in [3.63, 3.8) is 0 Å². The van der Waals surface area contributed by atoms with Gasteiger partial charge in [-0.2, -0.15) is 0 Å². The predicted octanol–water partition coefficient (Wildman–Crippen LogP) is 3.05. The lowest BCUT2D eigenvalue weighted by Gasteiger charge is -2.13. The van der Waals surface area contributed by atoms with Crippen LogP contribution in [0.25, 0.3) is 11.0 Å². The second-order valence-electron chi connectivity index (χ2n) is 5.53. The quantitative estimate of drug-likeness (QED) is 0.641. The molecule has 0 saturated heterocycles. The molecule has 5 heteroatoms. The van der Waals surface area contributed by atoms with Gasteiger partial charge < -0.3 is 13.9 Å². The molecule has 1 heterocycles. The van der Waals surface area contributed by atoms with Crippen LogP contribution in [0.15, 0.2) is 21.3 Å². The molecule has 0 radical (unpaired) electrons. The minimum absolute atomic E-state index is 0.181. The fraction of sp³-hybridized carbons (Fsp3) is 0.412. The molecule has 0 aliphatic carbocycles. The Balaban J connectivity index is 2.34. The summed E-state index contributed by atoms with van der Waals surface area (Å²) < 4.78 is 15.9. The summed E-state index contributed by atoms with van der Waals surface area (Å²) in [5, 5.41) is 0.867. The number of benzene rings is 1. The number of ether oxygens (including phenoxy) is 2. The lowest BCUT2D eigenvalue weighted by molar-refractivity contribution is -0.149. The van der Waals surface area contributed by atoms with Crippen LogP contribution >= 0.6 is 0 Å². The Morgan fingerprint density at radius 2 is 1.82 bits per heavy atom. The summed E-state index contributed by atoms with van der Waals surface area (Å²) in [5.74, 6) is 0.0654. The molecular weight excluding hydrogens is 284 g/mol. The summed E-state index contributed by atoms with van der Waals surface area (Å²) >= 11 is 0. The Labute approximate surface area is 128 Å². The molecule has 0 aliphatic heterocycles. The molecular formula is C17H20O5. The zero-order chi connectivity index (χ0) is 16.4. The van der Waals surface area contributed by atoms with Gasteiger partial charge in [0.15, 0.2) is 6.61 Å². The van der Waals surface area contributed by atoms with Crippen LogP contribution in [0.1, 0.15) is 30.5 Å². The molecule has 0 fully saturated rings. The van der Waals surface area contributed by atoms with Gasteiger partial charge in [0.05, 0.1) is 6.10 Å². The van der Waals surface area contributed by atoms with E-state index in [1.807, 2.05) is 13.0 Å². The van der Waals surface area contributed by atoms with E-state index in [4.69, 9.17) is 13.9 Å². The monoisotopic (exact) mass is 304 g/mol. The third kappa shape index (κ3) is 3.13. The van der Waals surface area contributed by atoms with Crippen molar-refractivity contribution >= 4 is 16.9 Å². The third-order valence-electron chi connectivity index (χ3n) is 3.54. The van der Waals surface area contributed by atoms with Crippen LogP contribution in [0.4, 0.5) is 0 Å². The number of carbonyl (C=O) groups is 1. The van der Waals surface area contributed by atoms with Gasteiger partial charge in [0.1, 0.15) is 11.3 Å². The lowest BCUT2D eigenvalue weighted by atomic mass is 10.0. The molecule has 118 valence electrons. The molecule has 2 aromatic rings. The topological polar surface area (TPSA) is 65.7 Å². The van der Waals surface area contributed by atoms with Crippen LogP contribution in [0.2, 0.25) is 0 Å². The van der Waals surface area contributed by atoms with Crippen molar-refractivity contribution in [1.82, 2.24) is 0 Å². The largest absolute Gasteiger partial charge is 0.481 e. The molecule has 1 aromatic carbocycles. The Kier molecular flexibility index (Phi) is 4.54. The number of esters is 1. The van der Waals surface area contributed by atoms with E-state index in [1.165, 1.54) is 0 Å². The molecule has 1 aromatic heterocycles. The number of hydrogen-bond donors (Lipinski definition) is 0. The van der Waals surface area contributed by atoms with Crippen molar-refractivity contribution in [2.75, 3.05) is 6.61 Å². The average molecular weight is 304 g/mol. The molecule has 5 nitrogen and oxygen atoms in total. The highest BCUT2D eigenvalue weighted by atomic mass is 16.6. The summed E-state index contributed by atoms with van der Waals surface area (Å²) in [6.07, 6.45) is -0.183. The maximum absolute atomic E-state index is 11.8. The van der Waals surface area contributed by atoms with Crippen LogP contribution in [0.5, 0.6) is 5.75 Å². The van der Waals surface area contributed by atoms with Gasteiger partial charge in [0, 0.05) is 16.5 Å². The van der Waals surface area contributed by atoms with Gasteiger partial charge in [-0.05, 0) is 52.3 Å². The van der Waals surface area contributed by atoms with Gasteiger partial charge in [-0.1, -0.05) is 0 Å². The van der Waals surface area contributed by atoms with Crippen LogP contribution in [-0.2, 0) is 9.53 Å². The first-order chi connectivity index (χ1) is 10.3. The summed E-state index contributed by atoms with van der Waals surface area (Å²) in [5.41, 5.74) is 2.31. The van der Waals surface area contributed by atoms with E-state index < -0.39 is 5.97 Å². The van der Waals surface area contributed by atoms with Gasteiger partial charge in [-0.15, -0.1) is 0 Å². The Morgan fingerprint density at radius 1 is 1.14 bits per heavy atom. The number of fused-ring (bicyclic) bond motifs is 1. The Bertz CT molecular complexity index is 771. The molecule has 0 unspecified atom stereocenters. The van der Waals surface area contributed by atoms with Crippen molar-refractivity contribution < 1.29 is 18.7 Å². The number of hydrogen-bond acceptors (Lipinski definition) is 5. The van der Waals surface area contributed by atoms with Crippen molar-refractivity contribution in [2.45, 2.75) is 40.7 Å². The van der Waals surface area contributed by atoms with Crippen molar-refractivity contribution in [2.24, 2.45) is 0 Å². The first-order valence-electron chi connectivity index (χ1n) is 7.17. The average Bonchev–Trinajstić information content (AvgIpc) is 2.44. The molecule has 0 N–H and O–H groups in total. The first kappa shape index (κ1) is 16.1. The van der Waals surface area contributed by atoms with Gasteiger partial charge in [0.25, 0.3) is 0 Å². The molecule has 0 bridgehead atoms. The highest BCUT2D eigenvalue weighted by Gasteiger charge is 2.14. The minimum Gasteiger partial charge on any atom is -0.481 e. The van der Waals surface area contributed by atoms with Crippen LogP contribution < -0.4 is 10.4 Å². The maximum Gasteiger partial charge on any atom is 0.344 e. The Hall–Kier alpha value is -2.30. The molecule has 0 atom stereocenters. The van der Waals surface area contributed by atoms with E-state index in [1.54, 1.807) is 33.8 Å². The first-order valence-corrected chi connectivity index (χ1v) is 7.17. The van der Waals surface area contributed by atoms with E-state index in [9.17, 15) is 9.59 Å². The second-order valence-corrected chi connectivity index (χ2v) is 5.53. The van der Waals surface area contributed by atoms with E-state index in [0.29, 0.717) is 22.5 Å². The molecule has 22 heavy (non-hydrogen) atoms. The molecule has 0 spiro atoms. The summed E-state index contributed by atoms with van der Waals surface area (Å²) in [6.45, 7) is 8.79. The van der Waals surface area contributed by atoms with Gasteiger partial charge in [-0.25, -0.2) is 9.59 Å². The highest BCUT2D eigenvalue weighted by molar-refractivity contribution is 5.85. The molecule has 0 amide bonds. The van der Waals surface area contributed by atoms with Crippen LogP contribution in [0, 0.1) is 20.8 Å². The summed E-state index contributed by atoms with van der Waals surface area (Å²) in [6, 6.07) is 3.60. The molecule has 0 saturated carbocycles. The van der Waals surface area contributed by atoms with Crippen LogP contribution in [0.3, 0.4) is 0 Å². The van der Waals surface area contributed by atoms with E-state index in [0.717, 1.165) is 10.9 Å². The third-order valence-corrected chi connectivity index (χ3v) is 3.54. The highest BCUT2D eigenvalue weighted by Crippen LogP contribution is 2.29. The van der Waals surface area contributed by atoms with Gasteiger partial charge in [0.2, 0.25) is 0 Å². The minimum atomic E-state index is -0.434. The zero-order valence-electron chi connectivity index (χ0n) is 13.5. The van der Waals surface area contributed by atoms with E-state index in [-0.39, 0.29) is 18.3 Å². The van der Waals surface area contributed by atoms with Crippen molar-refractivity contribution in [3.8, 4) is 5.75 Å². The number of aryl methyl sites for hydroxylation is 2. The van der Waals surface area contributed by atoms with Crippen molar-refractivity contribution in [3.05, 3.63) is 39.2 Å². The fourth-order valence-corrected chi connectivity index (χ4v) is 2.21. The van der Waals surface area contributed by atoms with E-state index >= 15 is 0 Å². The zero-order valence-corrected chi connectivity index (χ0v) is 13.5. The summed E-state index contributed by atoms with van der Waals surface area (Å²) in [4.78, 5) is 23.4. The summed E-state index contributed by atoms with van der Waals surface area (Å²) in [7, 11) is 0. The SMILES string of the molecule is Cc1c(C)c2ccc(OCC(=O)OC(C)C)c(C)c2oc1=O. The number of rotatable bonds is 4. The van der Waals surface area contributed by atoms with Crippen molar-refractivity contribution in [1.29, 1.82) is 0 Å². The van der Waals surface area contributed by atoms with Gasteiger partial charge in [-0.3, -0.25) is 0 Å². The molecule has 0 aliphatic rings. The van der Waals surface area contributed by atoms with Gasteiger partial charge >= 0.3 is 11.6 Å². The molecule has 2 rings (SSSR count). The lowest BCUT2D eigenvalue weighted by Crippen LogP contribution is -2.19. The normalized spacial score (nSPS) is 11.0. The number of carbonyl (C=O) groups excluding carboxylic acids is 1. The fourth-order valence-electron chi connectivity index (χ4n) is 2.21. The predicted molar refractivity (Wildman–Crippen MR) is 83.4 cm³/mol. The maximum atomic E-state index is 11.8. The standard InChI is InChI=1S/C17H20O5/c1-9(2)21-15(18)8-20-14-7-6-13-10(3)11(4)17(19)22-16(13)12(14)5/h6-7,9H,8H2,1-5H3.